The molecular formula is C10H14N4. The Morgan fingerprint density at radius 3 is 3.14 bits per heavy atom. The number of anilines is 1. The van der Waals surface area contributed by atoms with E-state index in [0.29, 0.717) is 5.69 Å². The van der Waals surface area contributed by atoms with Gasteiger partial charge in [-0.25, -0.2) is 4.98 Å². The second-order valence-corrected chi connectivity index (χ2v) is 3.20. The predicted octanol–water partition coefficient (Wildman–Crippen LogP) is 1.10. The first-order valence-corrected chi connectivity index (χ1v) is 4.58. The highest BCUT2D eigenvalue weighted by Crippen LogP contribution is 2.10. The summed E-state index contributed by atoms with van der Waals surface area (Å²) in [7, 11) is 0. The van der Waals surface area contributed by atoms with Crippen LogP contribution >= 0.6 is 0 Å². The SMILES string of the molecule is CC(N)CCNc1cccnc1C#N. The maximum Gasteiger partial charge on any atom is 0.163 e. The summed E-state index contributed by atoms with van der Waals surface area (Å²) in [5.74, 6) is 0. The van der Waals surface area contributed by atoms with Crippen LogP contribution in [0.15, 0.2) is 18.3 Å². The van der Waals surface area contributed by atoms with Crippen LogP contribution in [0.4, 0.5) is 5.69 Å². The van der Waals surface area contributed by atoms with E-state index < -0.39 is 0 Å². The van der Waals surface area contributed by atoms with Crippen molar-refractivity contribution in [2.24, 2.45) is 5.73 Å². The quantitative estimate of drug-likeness (QED) is 0.745. The molecular weight excluding hydrogens is 176 g/mol. The number of pyridine rings is 1. The third-order valence-electron chi connectivity index (χ3n) is 1.83. The molecule has 1 aromatic rings. The van der Waals surface area contributed by atoms with Gasteiger partial charge in [0.25, 0.3) is 0 Å². The molecule has 14 heavy (non-hydrogen) atoms. The van der Waals surface area contributed by atoms with Crippen LogP contribution in [0.1, 0.15) is 19.0 Å². The molecule has 0 aliphatic rings. The van der Waals surface area contributed by atoms with Crippen LogP contribution < -0.4 is 11.1 Å². The minimum absolute atomic E-state index is 0.171. The van der Waals surface area contributed by atoms with E-state index in [-0.39, 0.29) is 6.04 Å². The van der Waals surface area contributed by atoms with E-state index in [2.05, 4.69) is 10.3 Å². The van der Waals surface area contributed by atoms with E-state index in [1.54, 1.807) is 12.3 Å². The first-order valence-electron chi connectivity index (χ1n) is 4.58. The van der Waals surface area contributed by atoms with Crippen LogP contribution in [0.3, 0.4) is 0 Å². The van der Waals surface area contributed by atoms with Gasteiger partial charge in [0.1, 0.15) is 6.07 Å². The van der Waals surface area contributed by atoms with Gasteiger partial charge < -0.3 is 11.1 Å². The topological polar surface area (TPSA) is 74.7 Å². The first-order chi connectivity index (χ1) is 6.74. The molecule has 4 nitrogen and oxygen atoms in total. The Morgan fingerprint density at radius 1 is 1.71 bits per heavy atom. The Labute approximate surface area is 83.8 Å². The van der Waals surface area contributed by atoms with Crippen molar-refractivity contribution in [3.8, 4) is 6.07 Å². The standard InChI is InChI=1S/C10H14N4/c1-8(12)4-6-14-9-3-2-5-13-10(9)7-11/h2-3,5,8,14H,4,6,12H2,1H3. The highest BCUT2D eigenvalue weighted by atomic mass is 14.9. The number of nitrogens with one attached hydrogen (secondary N) is 1. The first kappa shape index (κ1) is 10.5. The summed E-state index contributed by atoms with van der Waals surface area (Å²) in [5, 5.41) is 11.9. The maximum atomic E-state index is 8.75. The second kappa shape index (κ2) is 5.20. The zero-order chi connectivity index (χ0) is 10.4. The minimum Gasteiger partial charge on any atom is -0.383 e. The smallest absolute Gasteiger partial charge is 0.163 e. The lowest BCUT2D eigenvalue weighted by Gasteiger charge is -2.08. The van der Waals surface area contributed by atoms with Gasteiger partial charge in [-0.2, -0.15) is 5.26 Å². The van der Waals surface area contributed by atoms with E-state index in [1.807, 2.05) is 19.1 Å². The molecule has 1 heterocycles. The Hall–Kier alpha value is -1.60. The summed E-state index contributed by atoms with van der Waals surface area (Å²) in [6.07, 6.45) is 2.48. The molecule has 1 unspecified atom stereocenters. The average molecular weight is 190 g/mol. The van der Waals surface area contributed by atoms with Crippen LogP contribution in [0.2, 0.25) is 0 Å². The van der Waals surface area contributed by atoms with Crippen LogP contribution in [0.5, 0.6) is 0 Å². The van der Waals surface area contributed by atoms with Crippen molar-refractivity contribution in [2.75, 3.05) is 11.9 Å². The number of nitrogens with two attached hydrogens (primary N) is 1. The van der Waals surface area contributed by atoms with Gasteiger partial charge in [-0.15, -0.1) is 0 Å². The molecule has 0 bridgehead atoms. The number of aromatic nitrogens is 1. The number of rotatable bonds is 4. The van der Waals surface area contributed by atoms with Gasteiger partial charge in [0.15, 0.2) is 5.69 Å². The van der Waals surface area contributed by atoms with E-state index in [9.17, 15) is 0 Å². The molecule has 4 heteroatoms. The number of hydrogen-bond acceptors (Lipinski definition) is 4. The fourth-order valence-electron chi connectivity index (χ4n) is 1.07. The molecule has 0 aliphatic carbocycles. The zero-order valence-electron chi connectivity index (χ0n) is 8.20. The van der Waals surface area contributed by atoms with Crippen LogP contribution in [-0.2, 0) is 0 Å². The normalized spacial score (nSPS) is 11.8. The van der Waals surface area contributed by atoms with E-state index in [1.165, 1.54) is 0 Å². The third kappa shape index (κ3) is 3.04. The summed E-state index contributed by atoms with van der Waals surface area (Å²) >= 11 is 0. The highest BCUT2D eigenvalue weighted by Gasteiger charge is 2.01. The lowest BCUT2D eigenvalue weighted by Crippen LogP contribution is -2.19. The Bertz CT molecular complexity index is 327. The molecule has 3 N–H and O–H groups in total. The van der Waals surface area contributed by atoms with Gasteiger partial charge >= 0.3 is 0 Å². The average Bonchev–Trinajstić information content (AvgIpc) is 2.18. The van der Waals surface area contributed by atoms with Gasteiger partial charge in [0, 0.05) is 18.8 Å². The number of hydrogen-bond donors (Lipinski definition) is 2. The largest absolute Gasteiger partial charge is 0.383 e. The van der Waals surface area contributed by atoms with Gasteiger partial charge in [-0.05, 0) is 25.5 Å². The Balaban J connectivity index is 2.54. The maximum absolute atomic E-state index is 8.75. The monoisotopic (exact) mass is 190 g/mol. The molecule has 1 aromatic heterocycles. The molecule has 0 amide bonds. The molecule has 0 radical (unpaired) electrons. The highest BCUT2D eigenvalue weighted by molar-refractivity contribution is 5.53. The molecule has 0 aliphatic heterocycles. The third-order valence-corrected chi connectivity index (χ3v) is 1.83. The molecule has 1 atom stereocenters. The second-order valence-electron chi connectivity index (χ2n) is 3.20. The summed E-state index contributed by atoms with van der Waals surface area (Å²) < 4.78 is 0. The molecule has 0 aromatic carbocycles. The molecule has 0 fully saturated rings. The Kier molecular flexibility index (Phi) is 3.89. The molecule has 74 valence electrons. The summed E-state index contributed by atoms with van der Waals surface area (Å²) in [6, 6.07) is 5.84. The lowest BCUT2D eigenvalue weighted by atomic mass is 10.2. The predicted molar refractivity (Wildman–Crippen MR) is 55.7 cm³/mol. The van der Waals surface area contributed by atoms with Gasteiger partial charge in [-0.3, -0.25) is 0 Å². The van der Waals surface area contributed by atoms with Crippen LogP contribution in [0.25, 0.3) is 0 Å². The van der Waals surface area contributed by atoms with E-state index in [0.717, 1.165) is 18.7 Å². The summed E-state index contributed by atoms with van der Waals surface area (Å²) in [6.45, 7) is 2.72. The fraction of sp³-hybridized carbons (Fsp3) is 0.400. The van der Waals surface area contributed by atoms with Gasteiger partial charge in [0.2, 0.25) is 0 Å². The molecule has 0 spiro atoms. The Morgan fingerprint density at radius 2 is 2.50 bits per heavy atom. The molecule has 0 saturated carbocycles. The lowest BCUT2D eigenvalue weighted by molar-refractivity contribution is 0.690. The van der Waals surface area contributed by atoms with Crippen molar-refractivity contribution < 1.29 is 0 Å². The van der Waals surface area contributed by atoms with Crippen molar-refractivity contribution >= 4 is 5.69 Å². The molecule has 0 saturated heterocycles. The summed E-state index contributed by atoms with van der Waals surface area (Å²) in [5.41, 5.74) is 6.81. The number of nitriles is 1. The van der Waals surface area contributed by atoms with Crippen molar-refractivity contribution in [1.82, 2.24) is 4.98 Å². The van der Waals surface area contributed by atoms with Crippen LogP contribution in [-0.4, -0.2) is 17.6 Å². The van der Waals surface area contributed by atoms with Crippen molar-refractivity contribution in [2.45, 2.75) is 19.4 Å². The molecule has 1 rings (SSSR count). The van der Waals surface area contributed by atoms with Crippen molar-refractivity contribution in [3.63, 3.8) is 0 Å². The van der Waals surface area contributed by atoms with E-state index >= 15 is 0 Å². The fourth-order valence-corrected chi connectivity index (χ4v) is 1.07. The van der Waals surface area contributed by atoms with Gasteiger partial charge in [0.05, 0.1) is 5.69 Å². The zero-order valence-corrected chi connectivity index (χ0v) is 8.20. The summed E-state index contributed by atoms with van der Waals surface area (Å²) in [4.78, 5) is 3.94. The minimum atomic E-state index is 0.171. The van der Waals surface area contributed by atoms with Crippen molar-refractivity contribution in [1.29, 1.82) is 5.26 Å². The van der Waals surface area contributed by atoms with Crippen LogP contribution in [0, 0.1) is 11.3 Å². The number of nitrogens with zero attached hydrogens (tertiary/aromatic N) is 2. The van der Waals surface area contributed by atoms with Crippen molar-refractivity contribution in [3.05, 3.63) is 24.0 Å². The van der Waals surface area contributed by atoms with Gasteiger partial charge in [-0.1, -0.05) is 0 Å². The van der Waals surface area contributed by atoms with E-state index in [4.69, 9.17) is 11.0 Å².